The van der Waals surface area contributed by atoms with E-state index in [2.05, 4.69) is 31.9 Å². The molecule has 0 bridgehead atoms. The number of hydrogen-bond acceptors (Lipinski definition) is 0. The van der Waals surface area contributed by atoms with Gasteiger partial charge in [-0.15, -0.1) is 0 Å². The van der Waals surface area contributed by atoms with Crippen LogP contribution in [-0.4, -0.2) is 0 Å². The van der Waals surface area contributed by atoms with Crippen LogP contribution in [0.4, 0.5) is 4.39 Å². The lowest BCUT2D eigenvalue weighted by molar-refractivity contribution is 0.614. The van der Waals surface area contributed by atoms with Gasteiger partial charge in [-0.25, -0.2) is 4.39 Å². The maximum absolute atomic E-state index is 13.0. The lowest BCUT2D eigenvalue weighted by atomic mass is 10.4. The molecular weight excluding hydrogens is 251 g/mol. The molecule has 0 fully saturated rings. The molecular formula is C6H3Br2F. The van der Waals surface area contributed by atoms with Crippen molar-refractivity contribution in [1.29, 1.82) is 0 Å². The summed E-state index contributed by atoms with van der Waals surface area (Å²) in [5.74, 6) is -0.707. The van der Waals surface area contributed by atoms with Gasteiger partial charge in [0.15, 0.2) is 5.82 Å². The summed E-state index contributed by atoms with van der Waals surface area (Å²) in [6, 6.07) is -0.906. The normalized spacial score (nSPS) is 14.3. The minimum Gasteiger partial charge on any atom is -0.205 e. The minimum absolute atomic E-state index is 0.0876. The van der Waals surface area contributed by atoms with Gasteiger partial charge in [-0.1, -0.05) is 6.04 Å². The van der Waals surface area contributed by atoms with Crippen molar-refractivity contribution in [3.63, 3.8) is 0 Å². The van der Waals surface area contributed by atoms with Crippen molar-refractivity contribution in [3.05, 3.63) is 32.9 Å². The van der Waals surface area contributed by atoms with Crippen LogP contribution in [0.25, 0.3) is 0 Å². The van der Waals surface area contributed by atoms with Crippen LogP contribution in [0.3, 0.4) is 0 Å². The second kappa shape index (κ2) is 2.80. The molecule has 48 valence electrons. The first kappa shape index (κ1) is 4.09. The molecule has 9 heavy (non-hydrogen) atoms. The van der Waals surface area contributed by atoms with Gasteiger partial charge in [0, 0.05) is 0 Å². The van der Waals surface area contributed by atoms with E-state index in [-0.39, 0.29) is 27.1 Å². The molecule has 1 aromatic rings. The van der Waals surface area contributed by atoms with Crippen molar-refractivity contribution >= 4 is 31.9 Å². The molecule has 0 radical (unpaired) electrons. The molecule has 0 nitrogen and oxygen atoms in total. The summed E-state index contributed by atoms with van der Waals surface area (Å²) in [6.07, 6.45) is 0. The first-order valence-corrected chi connectivity index (χ1v) is 3.65. The van der Waals surface area contributed by atoms with E-state index in [4.69, 9.17) is 4.11 Å². The fourth-order valence-electron chi connectivity index (χ4n) is 0.347. The Morgan fingerprint density at radius 3 is 2.22 bits per heavy atom. The van der Waals surface area contributed by atoms with E-state index in [9.17, 15) is 4.39 Å². The van der Waals surface area contributed by atoms with Crippen LogP contribution in [0.1, 0.15) is 4.11 Å². The van der Waals surface area contributed by atoms with Crippen LogP contribution in [0, 0.1) is 5.82 Å². The zero-order valence-electron chi connectivity index (χ0n) is 7.13. The number of benzene rings is 1. The van der Waals surface area contributed by atoms with Crippen LogP contribution >= 0.6 is 31.9 Å². The van der Waals surface area contributed by atoms with Crippen LogP contribution in [0.5, 0.6) is 0 Å². The van der Waals surface area contributed by atoms with E-state index >= 15 is 0 Å². The summed E-state index contributed by atoms with van der Waals surface area (Å²) in [4.78, 5) is 0. The van der Waals surface area contributed by atoms with E-state index in [1.165, 1.54) is 0 Å². The Labute approximate surface area is 73.5 Å². The van der Waals surface area contributed by atoms with Crippen molar-refractivity contribution < 1.29 is 8.50 Å². The van der Waals surface area contributed by atoms with E-state index in [1.807, 2.05) is 0 Å². The highest BCUT2D eigenvalue weighted by Crippen LogP contribution is 2.22. The molecule has 0 atom stereocenters. The fourth-order valence-corrected chi connectivity index (χ4v) is 1.21. The van der Waals surface area contributed by atoms with Crippen LogP contribution in [-0.2, 0) is 0 Å². The Morgan fingerprint density at radius 2 is 1.78 bits per heavy atom. The minimum atomic E-state index is -0.707. The SMILES string of the molecule is [2H]c1c([2H])c(Br)c(F)c(Br)c1[2H]. The predicted molar refractivity (Wildman–Crippen MR) is 41.8 cm³/mol. The average molecular weight is 257 g/mol. The highest BCUT2D eigenvalue weighted by atomic mass is 79.9. The van der Waals surface area contributed by atoms with E-state index in [0.29, 0.717) is 0 Å². The van der Waals surface area contributed by atoms with Crippen molar-refractivity contribution in [3.8, 4) is 0 Å². The van der Waals surface area contributed by atoms with Gasteiger partial charge in [-0.05, 0) is 43.9 Å². The first-order valence-electron chi connectivity index (χ1n) is 3.57. The molecule has 0 amide bonds. The third-order valence-corrected chi connectivity index (χ3v) is 1.82. The number of rotatable bonds is 0. The largest absolute Gasteiger partial charge is 0.205 e. The Hall–Kier alpha value is 0.110. The highest BCUT2D eigenvalue weighted by molar-refractivity contribution is 9.11. The van der Waals surface area contributed by atoms with Gasteiger partial charge in [0.25, 0.3) is 0 Å². The molecule has 0 saturated heterocycles. The summed E-state index contributed by atoms with van der Waals surface area (Å²) < 4.78 is 34.5. The second-order valence-corrected chi connectivity index (χ2v) is 2.90. The molecule has 0 spiro atoms. The lowest BCUT2D eigenvalue weighted by Gasteiger charge is -1.93. The van der Waals surface area contributed by atoms with Gasteiger partial charge >= 0.3 is 0 Å². The molecule has 3 heteroatoms. The Kier molecular flexibility index (Phi) is 1.27. The molecule has 0 heterocycles. The molecule has 0 aliphatic carbocycles. The predicted octanol–water partition coefficient (Wildman–Crippen LogP) is 3.35. The molecule has 0 saturated carbocycles. The zero-order valence-corrected chi connectivity index (χ0v) is 7.31. The van der Waals surface area contributed by atoms with Crippen molar-refractivity contribution in [2.45, 2.75) is 0 Å². The summed E-state index contributed by atoms with van der Waals surface area (Å²) in [5.41, 5.74) is 0. The summed E-state index contributed by atoms with van der Waals surface area (Å²) >= 11 is 5.64. The third kappa shape index (κ3) is 1.52. The highest BCUT2D eigenvalue weighted by Gasteiger charge is 1.99. The molecule has 0 aromatic heterocycles. The standard InChI is InChI=1S/C6H3Br2F/c7-4-2-1-3-5(8)6(4)9/h1-3H/i1D,2D,3D. The van der Waals surface area contributed by atoms with Gasteiger partial charge < -0.3 is 0 Å². The molecule has 0 aliphatic rings. The van der Waals surface area contributed by atoms with Gasteiger partial charge in [0.05, 0.1) is 13.1 Å². The van der Waals surface area contributed by atoms with Gasteiger partial charge in [0.1, 0.15) is 0 Å². The van der Waals surface area contributed by atoms with Crippen LogP contribution < -0.4 is 0 Å². The Morgan fingerprint density at radius 1 is 1.33 bits per heavy atom. The Bertz CT molecular complexity index is 235. The first-order chi connectivity index (χ1) is 5.46. The maximum atomic E-state index is 13.0. The van der Waals surface area contributed by atoms with Crippen LogP contribution in [0.15, 0.2) is 27.1 Å². The van der Waals surface area contributed by atoms with Crippen molar-refractivity contribution in [2.24, 2.45) is 0 Å². The molecule has 0 unspecified atom stereocenters. The van der Waals surface area contributed by atoms with Gasteiger partial charge in [0.2, 0.25) is 0 Å². The average Bonchev–Trinajstić information content (AvgIpc) is 2.08. The van der Waals surface area contributed by atoms with Crippen molar-refractivity contribution in [1.82, 2.24) is 0 Å². The van der Waals surface area contributed by atoms with E-state index in [0.717, 1.165) is 0 Å². The quantitative estimate of drug-likeness (QED) is 0.625. The van der Waals surface area contributed by atoms with Crippen LogP contribution in [0.2, 0.25) is 0 Å². The van der Waals surface area contributed by atoms with Crippen molar-refractivity contribution in [2.75, 3.05) is 0 Å². The number of hydrogen-bond donors (Lipinski definition) is 0. The third-order valence-electron chi connectivity index (χ3n) is 0.730. The second-order valence-electron chi connectivity index (χ2n) is 1.32. The van der Waals surface area contributed by atoms with Gasteiger partial charge in [-0.3, -0.25) is 0 Å². The number of halogens is 3. The topological polar surface area (TPSA) is 0 Å². The monoisotopic (exact) mass is 255 g/mol. The zero-order chi connectivity index (χ0) is 9.46. The molecule has 1 aromatic carbocycles. The summed E-state index contributed by atoms with van der Waals surface area (Å²) in [6.45, 7) is 0. The molecule has 1 rings (SSSR count). The van der Waals surface area contributed by atoms with E-state index < -0.39 is 5.82 Å². The van der Waals surface area contributed by atoms with E-state index in [1.54, 1.807) is 0 Å². The Balaban J connectivity index is 3.60. The summed E-state index contributed by atoms with van der Waals surface area (Å²) in [7, 11) is 0. The van der Waals surface area contributed by atoms with Gasteiger partial charge in [-0.2, -0.15) is 0 Å². The smallest absolute Gasteiger partial charge is 0.151 e. The summed E-state index contributed by atoms with van der Waals surface area (Å²) in [5, 5.41) is 0. The molecule has 0 N–H and O–H groups in total. The maximum Gasteiger partial charge on any atom is 0.151 e. The molecule has 0 aliphatic heterocycles. The lowest BCUT2D eigenvalue weighted by Crippen LogP contribution is -1.76. The fraction of sp³-hybridized carbons (Fsp3) is 0.